The molecule has 0 aliphatic rings. The van der Waals surface area contributed by atoms with Gasteiger partial charge in [-0.25, -0.2) is 13.1 Å². The minimum atomic E-state index is -3.54. The fourth-order valence-electron chi connectivity index (χ4n) is 1.76. The summed E-state index contributed by atoms with van der Waals surface area (Å²) in [7, 11) is 3.15. The molecule has 0 spiro atoms. The number of rotatable bonds is 9. The van der Waals surface area contributed by atoms with Crippen LogP contribution >= 0.6 is 0 Å². The number of aryl methyl sites for hydroxylation is 1. The molecule has 0 aliphatic heterocycles. The van der Waals surface area contributed by atoms with E-state index in [1.165, 1.54) is 7.11 Å². The molecule has 116 valence electrons. The fraction of sp³-hybridized carbons (Fsp3) is 0.667. The van der Waals surface area contributed by atoms with Crippen LogP contribution in [0.4, 0.5) is 0 Å². The Morgan fingerprint density at radius 2 is 2.10 bits per heavy atom. The summed E-state index contributed by atoms with van der Waals surface area (Å²) in [5.41, 5.74) is 0.896. The lowest BCUT2D eigenvalue weighted by Crippen LogP contribution is -2.35. The van der Waals surface area contributed by atoms with Gasteiger partial charge in [0.05, 0.1) is 17.6 Å². The highest BCUT2D eigenvalue weighted by atomic mass is 32.2. The van der Waals surface area contributed by atoms with E-state index in [2.05, 4.69) is 10.0 Å². The van der Waals surface area contributed by atoms with E-state index in [4.69, 9.17) is 9.47 Å². The van der Waals surface area contributed by atoms with Gasteiger partial charge in [-0.1, -0.05) is 0 Å². The second kappa shape index (κ2) is 7.75. The summed E-state index contributed by atoms with van der Waals surface area (Å²) in [6, 6.07) is 1.65. The van der Waals surface area contributed by atoms with Gasteiger partial charge in [-0.05, 0) is 13.1 Å². The van der Waals surface area contributed by atoms with E-state index in [-0.39, 0.29) is 17.5 Å². The lowest BCUT2D eigenvalue weighted by molar-refractivity contribution is 0.0320. The Balaban J connectivity index is 2.75. The van der Waals surface area contributed by atoms with E-state index in [1.54, 1.807) is 23.9 Å². The Morgan fingerprint density at radius 3 is 2.65 bits per heavy atom. The number of aromatic nitrogens is 1. The molecule has 1 atom stereocenters. The summed E-state index contributed by atoms with van der Waals surface area (Å²) in [5, 5.41) is 2.99. The van der Waals surface area contributed by atoms with Crippen LogP contribution in [0.1, 0.15) is 5.69 Å². The number of sulfonamides is 1. The van der Waals surface area contributed by atoms with Gasteiger partial charge >= 0.3 is 0 Å². The number of hydrogen-bond donors (Lipinski definition) is 2. The molecule has 2 N–H and O–H groups in total. The van der Waals surface area contributed by atoms with E-state index in [0.717, 1.165) is 5.69 Å². The van der Waals surface area contributed by atoms with Gasteiger partial charge in [0.25, 0.3) is 0 Å². The molecule has 0 saturated heterocycles. The van der Waals surface area contributed by atoms with Gasteiger partial charge in [0.15, 0.2) is 0 Å². The average molecular weight is 305 g/mol. The van der Waals surface area contributed by atoms with Crippen LogP contribution in [0, 0.1) is 0 Å². The molecule has 0 aliphatic carbocycles. The van der Waals surface area contributed by atoms with Crippen LogP contribution in [0.25, 0.3) is 0 Å². The first-order valence-electron chi connectivity index (χ1n) is 6.25. The number of methoxy groups -OCH3 is 2. The van der Waals surface area contributed by atoms with Gasteiger partial charge < -0.3 is 19.4 Å². The number of ether oxygens (including phenoxy) is 2. The number of hydrogen-bond acceptors (Lipinski definition) is 5. The summed E-state index contributed by atoms with van der Waals surface area (Å²) in [4.78, 5) is 0.248. The van der Waals surface area contributed by atoms with Crippen molar-refractivity contribution in [3.63, 3.8) is 0 Å². The van der Waals surface area contributed by atoms with Crippen LogP contribution in [-0.4, -0.2) is 53.5 Å². The lowest BCUT2D eigenvalue weighted by Gasteiger charge is -2.14. The van der Waals surface area contributed by atoms with Crippen LogP contribution in [0.2, 0.25) is 0 Å². The minimum Gasteiger partial charge on any atom is -0.382 e. The van der Waals surface area contributed by atoms with Crippen molar-refractivity contribution >= 4 is 10.0 Å². The van der Waals surface area contributed by atoms with E-state index in [1.807, 2.05) is 14.1 Å². The predicted octanol–water partition coefficient (Wildman–Crippen LogP) is -0.316. The Hall–Kier alpha value is -0.930. The zero-order valence-electron chi connectivity index (χ0n) is 12.3. The van der Waals surface area contributed by atoms with Crippen molar-refractivity contribution in [1.29, 1.82) is 0 Å². The monoisotopic (exact) mass is 305 g/mol. The topological polar surface area (TPSA) is 81.6 Å². The van der Waals surface area contributed by atoms with Crippen molar-refractivity contribution in [3.05, 3.63) is 18.0 Å². The molecule has 1 heterocycles. The zero-order chi connectivity index (χ0) is 15.2. The molecule has 8 heteroatoms. The highest BCUT2D eigenvalue weighted by Gasteiger charge is 2.19. The standard InChI is InChI=1S/C12H23N3O4S/c1-13-6-10-5-12(8-15(10)2)20(16,17)14-7-11(19-4)9-18-3/h5,8,11,13-14H,6-7,9H2,1-4H3. The van der Waals surface area contributed by atoms with Crippen molar-refractivity contribution in [2.45, 2.75) is 17.5 Å². The van der Waals surface area contributed by atoms with Gasteiger partial charge in [-0.2, -0.15) is 0 Å². The molecular weight excluding hydrogens is 282 g/mol. The molecule has 0 aromatic carbocycles. The molecule has 7 nitrogen and oxygen atoms in total. The van der Waals surface area contributed by atoms with Gasteiger partial charge in [0.2, 0.25) is 10.0 Å². The molecule has 1 rings (SSSR count). The molecule has 0 amide bonds. The molecule has 20 heavy (non-hydrogen) atoms. The van der Waals surface area contributed by atoms with E-state index >= 15 is 0 Å². The van der Waals surface area contributed by atoms with E-state index in [0.29, 0.717) is 13.2 Å². The quantitative estimate of drug-likeness (QED) is 0.654. The maximum absolute atomic E-state index is 12.2. The maximum atomic E-state index is 12.2. The SMILES string of the molecule is CNCc1cc(S(=O)(=O)NCC(COC)OC)cn1C. The maximum Gasteiger partial charge on any atom is 0.242 e. The van der Waals surface area contributed by atoms with Crippen LogP contribution < -0.4 is 10.0 Å². The minimum absolute atomic E-state index is 0.170. The highest BCUT2D eigenvalue weighted by molar-refractivity contribution is 7.89. The second-order valence-corrected chi connectivity index (χ2v) is 6.24. The molecule has 0 radical (unpaired) electrons. The Kier molecular flexibility index (Phi) is 6.63. The van der Waals surface area contributed by atoms with Gasteiger partial charge in [-0.3, -0.25) is 0 Å². The third kappa shape index (κ3) is 4.57. The van der Waals surface area contributed by atoms with Crippen LogP contribution in [0.5, 0.6) is 0 Å². The third-order valence-corrected chi connectivity index (χ3v) is 4.33. The largest absolute Gasteiger partial charge is 0.382 e. The number of nitrogens with one attached hydrogen (secondary N) is 2. The van der Waals surface area contributed by atoms with Crippen molar-refractivity contribution < 1.29 is 17.9 Å². The van der Waals surface area contributed by atoms with Crippen molar-refractivity contribution in [2.24, 2.45) is 7.05 Å². The van der Waals surface area contributed by atoms with Gasteiger partial charge in [-0.15, -0.1) is 0 Å². The van der Waals surface area contributed by atoms with Crippen molar-refractivity contribution in [1.82, 2.24) is 14.6 Å². The summed E-state index contributed by atoms with van der Waals surface area (Å²) < 4.78 is 38.8. The predicted molar refractivity (Wildman–Crippen MR) is 76.0 cm³/mol. The molecule has 1 aromatic rings. The second-order valence-electron chi connectivity index (χ2n) is 4.47. The van der Waals surface area contributed by atoms with E-state index in [9.17, 15) is 8.42 Å². The summed E-state index contributed by atoms with van der Waals surface area (Å²) in [6.45, 7) is 1.11. The third-order valence-electron chi connectivity index (χ3n) is 2.94. The Bertz CT molecular complexity index is 513. The normalized spacial score (nSPS) is 13.6. The molecule has 1 aromatic heterocycles. The van der Waals surface area contributed by atoms with Gasteiger partial charge in [0, 0.05) is 46.2 Å². The smallest absolute Gasteiger partial charge is 0.242 e. The van der Waals surface area contributed by atoms with Crippen molar-refractivity contribution in [2.75, 3.05) is 34.4 Å². The number of nitrogens with zero attached hydrogens (tertiary/aromatic N) is 1. The van der Waals surface area contributed by atoms with Crippen LogP contribution in [-0.2, 0) is 33.1 Å². The first-order chi connectivity index (χ1) is 9.44. The highest BCUT2D eigenvalue weighted by Crippen LogP contribution is 2.13. The molecule has 0 fully saturated rings. The molecule has 1 unspecified atom stereocenters. The van der Waals surface area contributed by atoms with E-state index < -0.39 is 10.0 Å². The summed E-state index contributed by atoms with van der Waals surface area (Å²) in [5.74, 6) is 0. The Morgan fingerprint density at radius 1 is 1.40 bits per heavy atom. The molecule has 0 bridgehead atoms. The van der Waals surface area contributed by atoms with Crippen molar-refractivity contribution in [3.8, 4) is 0 Å². The fourth-order valence-corrected chi connectivity index (χ4v) is 2.92. The first-order valence-corrected chi connectivity index (χ1v) is 7.74. The summed E-state index contributed by atoms with van der Waals surface area (Å²) in [6.07, 6.45) is 1.28. The van der Waals surface area contributed by atoms with Gasteiger partial charge in [0.1, 0.15) is 0 Å². The van der Waals surface area contributed by atoms with Crippen LogP contribution in [0.15, 0.2) is 17.2 Å². The summed E-state index contributed by atoms with van der Waals surface area (Å²) >= 11 is 0. The zero-order valence-corrected chi connectivity index (χ0v) is 13.2. The first kappa shape index (κ1) is 17.1. The Labute approximate surface area is 120 Å². The van der Waals surface area contributed by atoms with Crippen LogP contribution in [0.3, 0.4) is 0 Å². The molecule has 0 saturated carbocycles. The molecular formula is C12H23N3O4S. The average Bonchev–Trinajstić information content (AvgIpc) is 2.77. The lowest BCUT2D eigenvalue weighted by atomic mass is 10.4.